The normalized spacial score (nSPS) is 12.6. The van der Waals surface area contributed by atoms with E-state index in [0.717, 1.165) is 13.1 Å². The molecule has 1 aromatic carbocycles. The predicted molar refractivity (Wildman–Crippen MR) is 65.4 cm³/mol. The molecule has 1 N–H and O–H groups in total. The van der Waals surface area contributed by atoms with Crippen molar-refractivity contribution in [3.05, 3.63) is 35.9 Å². The van der Waals surface area contributed by atoms with Crippen LogP contribution in [-0.4, -0.2) is 32.9 Å². The Morgan fingerprint density at radius 2 is 2.00 bits per heavy atom. The third-order valence-corrected chi connectivity index (χ3v) is 2.30. The Labute approximate surface area is 97.8 Å². The summed E-state index contributed by atoms with van der Waals surface area (Å²) in [4.78, 5) is 0. The molecule has 0 aliphatic rings. The number of methoxy groups -OCH3 is 1. The van der Waals surface area contributed by atoms with Gasteiger partial charge < -0.3 is 14.8 Å². The molecule has 0 heterocycles. The number of ether oxygens (including phenoxy) is 2. The molecule has 0 bridgehead atoms. The fourth-order valence-electron chi connectivity index (χ4n) is 1.45. The summed E-state index contributed by atoms with van der Waals surface area (Å²) in [5, 5.41) is 3.26. The molecule has 1 atom stereocenters. The summed E-state index contributed by atoms with van der Waals surface area (Å²) in [6.45, 7) is 5.13. The van der Waals surface area contributed by atoms with E-state index in [4.69, 9.17) is 9.47 Å². The SMILES string of the molecule is CCNCC(COC)OCc1ccccc1. The van der Waals surface area contributed by atoms with Crippen LogP contribution in [0.3, 0.4) is 0 Å². The van der Waals surface area contributed by atoms with Gasteiger partial charge in [0.05, 0.1) is 19.3 Å². The smallest absolute Gasteiger partial charge is 0.0936 e. The van der Waals surface area contributed by atoms with Crippen molar-refractivity contribution in [2.75, 3.05) is 26.8 Å². The molecule has 1 aromatic rings. The molecular formula is C13H21NO2. The minimum Gasteiger partial charge on any atom is -0.382 e. The minimum absolute atomic E-state index is 0.116. The fraction of sp³-hybridized carbons (Fsp3) is 0.538. The number of rotatable bonds is 8. The average Bonchev–Trinajstić information content (AvgIpc) is 2.34. The topological polar surface area (TPSA) is 30.5 Å². The summed E-state index contributed by atoms with van der Waals surface area (Å²) in [6.07, 6.45) is 0.116. The van der Waals surface area contributed by atoms with Crippen LogP contribution in [0.5, 0.6) is 0 Å². The molecule has 0 amide bonds. The lowest BCUT2D eigenvalue weighted by Gasteiger charge is -2.17. The maximum atomic E-state index is 5.78. The molecule has 3 heteroatoms. The van der Waals surface area contributed by atoms with Crippen LogP contribution < -0.4 is 5.32 Å². The second kappa shape index (κ2) is 8.28. The van der Waals surface area contributed by atoms with Gasteiger partial charge in [0.25, 0.3) is 0 Å². The van der Waals surface area contributed by atoms with E-state index >= 15 is 0 Å². The predicted octanol–water partition coefficient (Wildman–Crippen LogP) is 1.83. The van der Waals surface area contributed by atoms with Gasteiger partial charge in [-0.1, -0.05) is 37.3 Å². The number of hydrogen-bond acceptors (Lipinski definition) is 3. The summed E-state index contributed by atoms with van der Waals surface area (Å²) >= 11 is 0. The van der Waals surface area contributed by atoms with Gasteiger partial charge in [-0.2, -0.15) is 0 Å². The molecule has 0 aliphatic heterocycles. The lowest BCUT2D eigenvalue weighted by atomic mass is 10.2. The summed E-state index contributed by atoms with van der Waals surface area (Å²) in [7, 11) is 1.70. The molecule has 1 rings (SSSR count). The van der Waals surface area contributed by atoms with Crippen LogP contribution in [0.25, 0.3) is 0 Å². The van der Waals surface area contributed by atoms with Crippen molar-refractivity contribution >= 4 is 0 Å². The Balaban J connectivity index is 2.31. The standard InChI is InChI=1S/C13H21NO2/c1-3-14-9-13(11-15-2)16-10-12-7-5-4-6-8-12/h4-8,13-14H,3,9-11H2,1-2H3. The van der Waals surface area contributed by atoms with E-state index in [1.54, 1.807) is 7.11 Å². The number of benzene rings is 1. The molecule has 0 radical (unpaired) electrons. The summed E-state index contributed by atoms with van der Waals surface area (Å²) in [5.74, 6) is 0. The highest BCUT2D eigenvalue weighted by molar-refractivity contribution is 5.13. The third-order valence-electron chi connectivity index (χ3n) is 2.30. The molecule has 90 valence electrons. The Bertz CT molecular complexity index is 264. The first-order chi connectivity index (χ1) is 7.86. The Hall–Kier alpha value is -0.900. The van der Waals surface area contributed by atoms with Crippen molar-refractivity contribution < 1.29 is 9.47 Å². The Morgan fingerprint density at radius 1 is 1.25 bits per heavy atom. The molecule has 0 saturated heterocycles. The molecule has 0 spiro atoms. The maximum absolute atomic E-state index is 5.78. The monoisotopic (exact) mass is 223 g/mol. The van der Waals surface area contributed by atoms with Crippen molar-refractivity contribution in [2.45, 2.75) is 19.6 Å². The highest BCUT2D eigenvalue weighted by Gasteiger charge is 2.07. The average molecular weight is 223 g/mol. The van der Waals surface area contributed by atoms with Crippen LogP contribution in [0.15, 0.2) is 30.3 Å². The highest BCUT2D eigenvalue weighted by atomic mass is 16.5. The van der Waals surface area contributed by atoms with Crippen LogP contribution in [0, 0.1) is 0 Å². The van der Waals surface area contributed by atoms with E-state index in [-0.39, 0.29) is 6.10 Å². The minimum atomic E-state index is 0.116. The van der Waals surface area contributed by atoms with Gasteiger partial charge in [0.15, 0.2) is 0 Å². The van der Waals surface area contributed by atoms with Crippen molar-refractivity contribution in [3.8, 4) is 0 Å². The fourth-order valence-corrected chi connectivity index (χ4v) is 1.45. The molecule has 3 nitrogen and oxygen atoms in total. The molecule has 0 saturated carbocycles. The zero-order chi connectivity index (χ0) is 11.6. The zero-order valence-corrected chi connectivity index (χ0v) is 10.1. The van der Waals surface area contributed by atoms with Gasteiger partial charge in [0, 0.05) is 13.7 Å². The van der Waals surface area contributed by atoms with Crippen molar-refractivity contribution in [2.24, 2.45) is 0 Å². The number of nitrogens with one attached hydrogen (secondary N) is 1. The van der Waals surface area contributed by atoms with E-state index in [1.807, 2.05) is 18.2 Å². The van der Waals surface area contributed by atoms with Crippen LogP contribution in [0.4, 0.5) is 0 Å². The largest absolute Gasteiger partial charge is 0.382 e. The van der Waals surface area contributed by atoms with Gasteiger partial charge in [0.1, 0.15) is 0 Å². The zero-order valence-electron chi connectivity index (χ0n) is 10.1. The first kappa shape index (κ1) is 13.2. The van der Waals surface area contributed by atoms with Crippen LogP contribution in [-0.2, 0) is 16.1 Å². The van der Waals surface area contributed by atoms with Crippen molar-refractivity contribution in [3.63, 3.8) is 0 Å². The molecule has 0 aliphatic carbocycles. The quantitative estimate of drug-likeness (QED) is 0.729. The molecule has 0 aromatic heterocycles. The molecule has 1 unspecified atom stereocenters. The van der Waals surface area contributed by atoms with Gasteiger partial charge in [-0.3, -0.25) is 0 Å². The second-order valence-corrected chi connectivity index (χ2v) is 3.68. The van der Waals surface area contributed by atoms with Crippen LogP contribution >= 0.6 is 0 Å². The third kappa shape index (κ3) is 5.26. The first-order valence-electron chi connectivity index (χ1n) is 5.72. The van der Waals surface area contributed by atoms with E-state index in [1.165, 1.54) is 5.56 Å². The number of likely N-dealkylation sites (N-methyl/N-ethyl adjacent to an activating group) is 1. The van der Waals surface area contributed by atoms with Gasteiger partial charge in [0.2, 0.25) is 0 Å². The van der Waals surface area contributed by atoms with Crippen molar-refractivity contribution in [1.29, 1.82) is 0 Å². The Morgan fingerprint density at radius 3 is 2.62 bits per heavy atom. The van der Waals surface area contributed by atoms with Crippen molar-refractivity contribution in [1.82, 2.24) is 5.32 Å². The van der Waals surface area contributed by atoms with E-state index in [0.29, 0.717) is 13.2 Å². The van der Waals surface area contributed by atoms with E-state index < -0.39 is 0 Å². The Kier molecular flexibility index (Phi) is 6.81. The lowest BCUT2D eigenvalue weighted by Crippen LogP contribution is -2.32. The summed E-state index contributed by atoms with van der Waals surface area (Å²) in [5.41, 5.74) is 1.19. The van der Waals surface area contributed by atoms with E-state index in [9.17, 15) is 0 Å². The van der Waals surface area contributed by atoms with Crippen LogP contribution in [0.1, 0.15) is 12.5 Å². The van der Waals surface area contributed by atoms with E-state index in [2.05, 4.69) is 24.4 Å². The highest BCUT2D eigenvalue weighted by Crippen LogP contribution is 2.03. The lowest BCUT2D eigenvalue weighted by molar-refractivity contribution is -0.00985. The summed E-state index contributed by atoms with van der Waals surface area (Å²) in [6, 6.07) is 10.2. The first-order valence-corrected chi connectivity index (χ1v) is 5.72. The van der Waals surface area contributed by atoms with Gasteiger partial charge in [-0.05, 0) is 12.1 Å². The second-order valence-electron chi connectivity index (χ2n) is 3.68. The van der Waals surface area contributed by atoms with Crippen LogP contribution in [0.2, 0.25) is 0 Å². The van der Waals surface area contributed by atoms with Gasteiger partial charge in [-0.15, -0.1) is 0 Å². The molecular weight excluding hydrogens is 202 g/mol. The molecule has 16 heavy (non-hydrogen) atoms. The summed E-state index contributed by atoms with van der Waals surface area (Å²) < 4.78 is 10.9. The van der Waals surface area contributed by atoms with Gasteiger partial charge >= 0.3 is 0 Å². The molecule has 0 fully saturated rings. The van der Waals surface area contributed by atoms with Gasteiger partial charge in [-0.25, -0.2) is 0 Å². The maximum Gasteiger partial charge on any atom is 0.0936 e. The number of hydrogen-bond donors (Lipinski definition) is 1.